The lowest BCUT2D eigenvalue weighted by molar-refractivity contribution is 0.773. The summed E-state index contributed by atoms with van der Waals surface area (Å²) in [6.45, 7) is 16.5. The zero-order chi connectivity index (χ0) is 30.0. The van der Waals surface area contributed by atoms with Crippen LogP contribution in [0.4, 0.5) is 11.4 Å². The SMILES string of the molecule is Cc1cc(C)c(-c2c3ccccc3c(-c3cccc4c3P(C(C)(C)C)C(C)N4c3ccccc3)c3ccccc23)c(C)c1. The first-order valence-corrected chi connectivity index (χ1v) is 16.9. The number of para-hydroxylation sites is 1. The van der Waals surface area contributed by atoms with Gasteiger partial charge in [0, 0.05) is 11.0 Å². The van der Waals surface area contributed by atoms with Crippen LogP contribution in [0.25, 0.3) is 43.8 Å². The normalized spacial score (nSPS) is 16.7. The van der Waals surface area contributed by atoms with Gasteiger partial charge >= 0.3 is 0 Å². The lowest BCUT2D eigenvalue weighted by Gasteiger charge is -2.35. The number of hydrogen-bond acceptors (Lipinski definition) is 1. The monoisotopic (exact) mass is 577 g/mol. The Bertz CT molecular complexity index is 1930. The van der Waals surface area contributed by atoms with Crippen LogP contribution in [-0.2, 0) is 0 Å². The van der Waals surface area contributed by atoms with Gasteiger partial charge in [0.15, 0.2) is 0 Å². The van der Waals surface area contributed by atoms with Crippen molar-refractivity contribution in [2.45, 2.75) is 59.4 Å². The van der Waals surface area contributed by atoms with Crippen molar-refractivity contribution in [3.63, 3.8) is 0 Å². The molecule has 1 nitrogen and oxygen atoms in total. The van der Waals surface area contributed by atoms with Crippen LogP contribution in [0.1, 0.15) is 44.4 Å². The minimum atomic E-state index is -0.521. The summed E-state index contributed by atoms with van der Waals surface area (Å²) in [6, 6.07) is 40.9. The number of benzene rings is 6. The van der Waals surface area contributed by atoms with Gasteiger partial charge in [-0.1, -0.05) is 117 Å². The summed E-state index contributed by atoms with van der Waals surface area (Å²) in [6.07, 6.45) is 0. The van der Waals surface area contributed by atoms with E-state index in [0.717, 1.165) is 0 Å². The maximum absolute atomic E-state index is 2.60. The standard InChI is InChI=1S/C41H40NP/c1-26-24-27(2)37(28(3)25-26)39-33-20-13-11-18-31(33)38(32-19-12-14-21-34(32)39)35-22-15-23-36-40(35)43(41(5,6)7)29(4)42(36)30-16-9-8-10-17-30/h8-25,29H,1-7H3. The van der Waals surface area contributed by atoms with Crippen molar-refractivity contribution in [2.24, 2.45) is 0 Å². The third-order valence-electron chi connectivity index (χ3n) is 9.15. The van der Waals surface area contributed by atoms with Crippen molar-refractivity contribution in [1.29, 1.82) is 0 Å². The molecule has 0 saturated heterocycles. The zero-order valence-electron chi connectivity index (χ0n) is 26.4. The van der Waals surface area contributed by atoms with E-state index < -0.39 is 7.92 Å². The quantitative estimate of drug-likeness (QED) is 0.149. The Balaban J connectivity index is 1.61. The molecule has 0 aromatic heterocycles. The third-order valence-corrected chi connectivity index (χ3v) is 12.5. The Hall–Kier alpha value is -3.93. The van der Waals surface area contributed by atoms with Gasteiger partial charge in [-0.3, -0.25) is 0 Å². The van der Waals surface area contributed by atoms with E-state index in [9.17, 15) is 0 Å². The number of rotatable bonds is 3. The van der Waals surface area contributed by atoms with Gasteiger partial charge in [-0.2, -0.15) is 0 Å². The fourth-order valence-corrected chi connectivity index (χ4v) is 11.3. The third kappa shape index (κ3) is 4.40. The smallest absolute Gasteiger partial charge is 0.0556 e. The number of hydrogen-bond donors (Lipinski definition) is 0. The fourth-order valence-electron chi connectivity index (χ4n) is 7.79. The summed E-state index contributed by atoms with van der Waals surface area (Å²) >= 11 is 0. The highest BCUT2D eigenvalue weighted by atomic mass is 31.1. The molecule has 7 rings (SSSR count). The van der Waals surface area contributed by atoms with Crippen LogP contribution >= 0.6 is 7.92 Å². The van der Waals surface area contributed by atoms with Gasteiger partial charge in [0.2, 0.25) is 0 Å². The molecular weight excluding hydrogens is 537 g/mol. The van der Waals surface area contributed by atoms with Crippen molar-refractivity contribution in [1.82, 2.24) is 0 Å². The molecule has 6 aromatic carbocycles. The second-order valence-electron chi connectivity index (χ2n) is 13.2. The molecule has 0 fully saturated rings. The molecule has 2 unspecified atom stereocenters. The first-order chi connectivity index (χ1) is 20.7. The van der Waals surface area contributed by atoms with E-state index in [4.69, 9.17) is 0 Å². The van der Waals surface area contributed by atoms with E-state index in [-0.39, 0.29) is 5.16 Å². The van der Waals surface area contributed by atoms with E-state index in [1.54, 1.807) is 0 Å². The number of aryl methyl sites for hydroxylation is 3. The molecule has 0 N–H and O–H groups in total. The van der Waals surface area contributed by atoms with E-state index in [1.165, 1.54) is 77.2 Å². The summed E-state index contributed by atoms with van der Waals surface area (Å²) < 4.78 is 0. The highest BCUT2D eigenvalue weighted by Crippen LogP contribution is 2.63. The summed E-state index contributed by atoms with van der Waals surface area (Å²) in [7, 11) is -0.521. The highest BCUT2D eigenvalue weighted by Gasteiger charge is 2.44. The van der Waals surface area contributed by atoms with E-state index in [2.05, 4.69) is 163 Å². The van der Waals surface area contributed by atoms with Crippen LogP contribution in [0.2, 0.25) is 0 Å². The molecule has 2 heteroatoms. The van der Waals surface area contributed by atoms with Gasteiger partial charge in [-0.25, -0.2) is 0 Å². The van der Waals surface area contributed by atoms with Gasteiger partial charge in [-0.15, -0.1) is 0 Å². The number of fused-ring (bicyclic) bond motifs is 3. The summed E-state index contributed by atoms with van der Waals surface area (Å²) in [5, 5.41) is 7.00. The molecule has 43 heavy (non-hydrogen) atoms. The molecule has 1 aliphatic heterocycles. The molecule has 0 radical (unpaired) electrons. The van der Waals surface area contributed by atoms with Crippen LogP contribution < -0.4 is 10.2 Å². The topological polar surface area (TPSA) is 3.24 Å². The van der Waals surface area contributed by atoms with Crippen LogP contribution in [0.15, 0.2) is 109 Å². The summed E-state index contributed by atoms with van der Waals surface area (Å²) in [4.78, 5) is 2.60. The van der Waals surface area contributed by atoms with Crippen molar-refractivity contribution in [3.8, 4) is 22.3 Å². The molecule has 2 atom stereocenters. The van der Waals surface area contributed by atoms with Crippen molar-refractivity contribution in [3.05, 3.63) is 126 Å². The first kappa shape index (κ1) is 27.9. The van der Waals surface area contributed by atoms with Crippen LogP contribution in [0.3, 0.4) is 0 Å². The second kappa shape index (κ2) is 10.4. The molecule has 0 amide bonds. The van der Waals surface area contributed by atoms with Crippen molar-refractivity contribution >= 4 is 46.1 Å². The second-order valence-corrected chi connectivity index (χ2v) is 16.4. The zero-order valence-corrected chi connectivity index (χ0v) is 27.3. The number of nitrogens with zero attached hydrogens (tertiary/aromatic N) is 1. The van der Waals surface area contributed by atoms with Crippen LogP contribution in [0.5, 0.6) is 0 Å². The number of anilines is 2. The van der Waals surface area contributed by atoms with Gasteiger partial charge in [0.25, 0.3) is 0 Å². The highest BCUT2D eigenvalue weighted by molar-refractivity contribution is 7.69. The lowest BCUT2D eigenvalue weighted by Crippen LogP contribution is -2.27. The van der Waals surface area contributed by atoms with Gasteiger partial charge < -0.3 is 4.90 Å². The van der Waals surface area contributed by atoms with Gasteiger partial charge in [0.1, 0.15) is 0 Å². The first-order valence-electron chi connectivity index (χ1n) is 15.5. The largest absolute Gasteiger partial charge is 0.333 e. The maximum atomic E-state index is 2.60. The molecule has 1 heterocycles. The van der Waals surface area contributed by atoms with Crippen LogP contribution in [0, 0.1) is 20.8 Å². The molecule has 6 aromatic rings. The van der Waals surface area contributed by atoms with E-state index in [0.29, 0.717) is 5.78 Å². The Morgan fingerprint density at radius 1 is 0.581 bits per heavy atom. The fraction of sp³-hybridized carbons (Fsp3) is 0.220. The lowest BCUT2D eigenvalue weighted by atomic mass is 9.83. The van der Waals surface area contributed by atoms with Crippen molar-refractivity contribution < 1.29 is 0 Å². The van der Waals surface area contributed by atoms with Gasteiger partial charge in [-0.05, 0) is 114 Å². The Kier molecular flexibility index (Phi) is 6.71. The molecular formula is C41H40NP. The Labute approximate surface area is 258 Å². The average molecular weight is 578 g/mol. The average Bonchev–Trinajstić information content (AvgIpc) is 3.29. The molecule has 0 saturated carbocycles. The molecule has 0 aliphatic carbocycles. The Morgan fingerprint density at radius 3 is 1.63 bits per heavy atom. The summed E-state index contributed by atoms with van der Waals surface area (Å²) in [5.74, 6) is 0.392. The minimum absolute atomic E-state index is 0.144. The van der Waals surface area contributed by atoms with E-state index in [1.807, 2.05) is 0 Å². The Morgan fingerprint density at radius 2 is 1.09 bits per heavy atom. The summed E-state index contributed by atoms with van der Waals surface area (Å²) in [5.41, 5.74) is 12.1. The predicted octanol–water partition coefficient (Wildman–Crippen LogP) is 11.7. The van der Waals surface area contributed by atoms with Gasteiger partial charge in [0.05, 0.1) is 11.5 Å². The van der Waals surface area contributed by atoms with Crippen molar-refractivity contribution in [2.75, 3.05) is 4.90 Å². The molecule has 0 spiro atoms. The molecule has 1 aliphatic rings. The maximum Gasteiger partial charge on any atom is 0.0556 e. The van der Waals surface area contributed by atoms with Crippen LogP contribution in [-0.4, -0.2) is 10.9 Å². The molecule has 214 valence electrons. The molecule has 0 bridgehead atoms. The minimum Gasteiger partial charge on any atom is -0.333 e. The van der Waals surface area contributed by atoms with E-state index >= 15 is 0 Å². The predicted molar refractivity (Wildman–Crippen MR) is 191 cm³/mol.